The molecule has 6 atom stereocenters. The molecule has 1 aliphatic rings. The minimum absolute atomic E-state index is 0.0914. The van der Waals surface area contributed by atoms with E-state index in [1.54, 1.807) is 32.9 Å². The van der Waals surface area contributed by atoms with Gasteiger partial charge in [-0.25, -0.2) is 14.4 Å². The molecule has 0 bridgehead atoms. The summed E-state index contributed by atoms with van der Waals surface area (Å²) in [5.74, 6) is -2.38. The molecule has 1 saturated heterocycles. The van der Waals surface area contributed by atoms with E-state index in [2.05, 4.69) is 17.1 Å². The molecular formula is C40H50N6O14. The quantitative estimate of drug-likeness (QED) is 0.0513. The van der Waals surface area contributed by atoms with Crippen LogP contribution in [0.3, 0.4) is 0 Å². The van der Waals surface area contributed by atoms with Gasteiger partial charge in [0.05, 0.1) is 13.0 Å². The summed E-state index contributed by atoms with van der Waals surface area (Å²) < 4.78 is 22.3. The SMILES string of the molecule is C#C[C@]1(O)[C@@H](O)[C@H](n2ccc(N)nc2=O)O[C@@]1(COc1ccc(C[C@H](N)C(=O)OCCCCc2ccccc2)cc1)C(N)=O.CC(C)(C)OC(=O)N[C@@H](CC(=O)O)C(=O)O. The molecule has 2 heterocycles. The zero-order valence-electron chi connectivity index (χ0n) is 33.2. The summed E-state index contributed by atoms with van der Waals surface area (Å²) in [6, 6.07) is 15.3. The Morgan fingerprint density at radius 3 is 2.23 bits per heavy atom. The zero-order chi connectivity index (χ0) is 44.8. The highest BCUT2D eigenvalue weighted by atomic mass is 16.6. The first kappa shape index (κ1) is 47.8. The molecule has 2 aromatic carbocycles. The maximum Gasteiger partial charge on any atom is 0.408 e. The number of anilines is 1. The summed E-state index contributed by atoms with van der Waals surface area (Å²) in [7, 11) is 0. The number of esters is 1. The van der Waals surface area contributed by atoms with Crippen LogP contribution in [0.1, 0.15) is 57.4 Å². The number of aryl methyl sites for hydroxylation is 1. The van der Waals surface area contributed by atoms with Crippen molar-refractivity contribution in [2.75, 3.05) is 18.9 Å². The third kappa shape index (κ3) is 13.0. The largest absolute Gasteiger partial charge is 0.490 e. The van der Waals surface area contributed by atoms with Gasteiger partial charge in [0, 0.05) is 6.20 Å². The van der Waals surface area contributed by atoms with Gasteiger partial charge in [0.1, 0.15) is 42.0 Å². The number of alkyl carbamates (subject to hydrolysis) is 1. The second kappa shape index (κ2) is 20.9. The molecule has 1 fully saturated rings. The second-order valence-corrected chi connectivity index (χ2v) is 14.6. The van der Waals surface area contributed by atoms with Gasteiger partial charge in [-0.15, -0.1) is 6.42 Å². The van der Waals surface area contributed by atoms with Gasteiger partial charge < -0.3 is 61.9 Å². The summed E-state index contributed by atoms with van der Waals surface area (Å²) >= 11 is 0. The first-order valence-electron chi connectivity index (χ1n) is 18.4. The lowest BCUT2D eigenvalue weighted by atomic mass is 9.81. The summed E-state index contributed by atoms with van der Waals surface area (Å²) in [5.41, 5.74) is 12.3. The third-order valence-electron chi connectivity index (χ3n) is 8.82. The number of carboxylic acids is 2. The summed E-state index contributed by atoms with van der Waals surface area (Å²) in [5, 5.41) is 41.1. The second-order valence-electron chi connectivity index (χ2n) is 14.6. The number of nitrogens with zero attached hydrogens (tertiary/aromatic N) is 2. The Morgan fingerprint density at radius 2 is 1.68 bits per heavy atom. The minimum Gasteiger partial charge on any atom is -0.490 e. The number of hydrogen-bond donors (Lipinski definition) is 8. The Labute approximate surface area is 344 Å². The van der Waals surface area contributed by atoms with Crippen molar-refractivity contribution >= 4 is 35.7 Å². The van der Waals surface area contributed by atoms with Crippen LogP contribution >= 0.6 is 0 Å². The average molecular weight is 839 g/mol. The van der Waals surface area contributed by atoms with E-state index in [4.69, 9.17) is 52.8 Å². The highest BCUT2D eigenvalue weighted by Crippen LogP contribution is 2.44. The Bertz CT molecular complexity index is 2070. The number of hydrogen-bond acceptors (Lipinski definition) is 15. The maximum atomic E-state index is 12.7. The Balaban J connectivity index is 0.000000508. The first-order valence-corrected chi connectivity index (χ1v) is 18.4. The number of aromatic nitrogens is 2. The van der Waals surface area contributed by atoms with Crippen LogP contribution in [-0.2, 0) is 46.2 Å². The molecule has 2 amide bonds. The number of carbonyl (C=O) groups is 5. The van der Waals surface area contributed by atoms with E-state index in [-0.39, 0.29) is 24.6 Å². The number of nitrogens with one attached hydrogen (secondary N) is 1. The molecule has 0 spiro atoms. The van der Waals surface area contributed by atoms with Gasteiger partial charge in [-0.1, -0.05) is 48.4 Å². The van der Waals surface area contributed by atoms with E-state index in [0.29, 0.717) is 5.56 Å². The minimum atomic E-state index is -2.68. The average Bonchev–Trinajstić information content (AvgIpc) is 3.40. The predicted molar refractivity (Wildman–Crippen MR) is 212 cm³/mol. The fourth-order valence-corrected chi connectivity index (χ4v) is 5.72. The number of aliphatic carboxylic acids is 2. The number of unbranched alkanes of at least 4 members (excludes halogenated alkanes) is 1. The lowest BCUT2D eigenvalue weighted by Gasteiger charge is -2.34. The summed E-state index contributed by atoms with van der Waals surface area (Å²) in [4.78, 5) is 73.0. The molecule has 3 aromatic rings. The number of amides is 2. The molecule has 0 radical (unpaired) electrons. The van der Waals surface area contributed by atoms with Crippen molar-refractivity contribution in [3.05, 3.63) is 88.5 Å². The lowest BCUT2D eigenvalue weighted by molar-refractivity contribution is -0.169. The topological polar surface area (TPSA) is 328 Å². The fraction of sp³-hybridized carbons (Fsp3) is 0.425. The van der Waals surface area contributed by atoms with Crippen molar-refractivity contribution in [1.29, 1.82) is 0 Å². The van der Waals surface area contributed by atoms with Crippen LogP contribution in [0.5, 0.6) is 5.75 Å². The number of benzene rings is 2. The summed E-state index contributed by atoms with van der Waals surface area (Å²) in [6.45, 7) is 4.39. The van der Waals surface area contributed by atoms with Crippen LogP contribution in [-0.4, -0.2) is 108 Å². The molecular weight excluding hydrogens is 788 g/mol. The molecule has 0 aliphatic carbocycles. The number of terminal acetylenes is 1. The van der Waals surface area contributed by atoms with E-state index >= 15 is 0 Å². The number of carbonyl (C=O) groups excluding carboxylic acids is 3. The van der Waals surface area contributed by atoms with Crippen LogP contribution in [0, 0.1) is 12.3 Å². The maximum absolute atomic E-state index is 12.7. The van der Waals surface area contributed by atoms with Crippen molar-refractivity contribution in [1.82, 2.24) is 14.9 Å². The first-order chi connectivity index (χ1) is 28.1. The molecule has 20 heteroatoms. The smallest absolute Gasteiger partial charge is 0.408 e. The number of aliphatic hydroxyl groups excluding tert-OH is 1. The van der Waals surface area contributed by atoms with E-state index in [9.17, 15) is 39.0 Å². The van der Waals surface area contributed by atoms with Crippen LogP contribution in [0.15, 0.2) is 71.7 Å². The Kier molecular flexibility index (Phi) is 16.7. The zero-order valence-corrected chi connectivity index (χ0v) is 33.2. The van der Waals surface area contributed by atoms with E-state index < -0.39 is 89.8 Å². The number of nitrogen functional groups attached to an aromatic ring is 1. The Morgan fingerprint density at radius 1 is 1.03 bits per heavy atom. The van der Waals surface area contributed by atoms with Gasteiger partial charge in [-0.2, -0.15) is 4.98 Å². The number of primary amides is 1. The van der Waals surface area contributed by atoms with Crippen molar-refractivity contribution in [2.24, 2.45) is 11.5 Å². The van der Waals surface area contributed by atoms with Gasteiger partial charge >= 0.3 is 29.7 Å². The number of rotatable bonds is 17. The van der Waals surface area contributed by atoms with Crippen molar-refractivity contribution in [3.8, 4) is 18.1 Å². The molecule has 1 aliphatic heterocycles. The van der Waals surface area contributed by atoms with Gasteiger partial charge in [-0.3, -0.25) is 19.0 Å². The van der Waals surface area contributed by atoms with E-state index in [1.165, 1.54) is 30.0 Å². The molecule has 0 unspecified atom stereocenters. The van der Waals surface area contributed by atoms with E-state index in [1.807, 2.05) is 29.4 Å². The highest BCUT2D eigenvalue weighted by molar-refractivity contribution is 5.87. The van der Waals surface area contributed by atoms with Crippen LogP contribution < -0.4 is 32.9 Å². The van der Waals surface area contributed by atoms with Crippen molar-refractivity contribution < 1.29 is 63.3 Å². The van der Waals surface area contributed by atoms with Gasteiger partial charge in [-0.05, 0) is 75.8 Å². The van der Waals surface area contributed by atoms with Crippen LogP contribution in [0.25, 0.3) is 0 Å². The van der Waals surface area contributed by atoms with Crippen LogP contribution in [0.4, 0.5) is 10.6 Å². The predicted octanol–water partition coefficient (Wildman–Crippen LogP) is 0.258. The molecule has 20 nitrogen and oxygen atoms in total. The van der Waals surface area contributed by atoms with Crippen molar-refractivity contribution in [2.45, 2.75) is 94.1 Å². The van der Waals surface area contributed by atoms with E-state index in [0.717, 1.165) is 23.8 Å². The van der Waals surface area contributed by atoms with Gasteiger partial charge in [0.2, 0.25) is 5.60 Å². The number of ether oxygens (including phenoxy) is 4. The monoisotopic (exact) mass is 838 g/mol. The number of aliphatic hydroxyl groups is 2. The summed E-state index contributed by atoms with van der Waals surface area (Å²) in [6.07, 6.45) is 4.12. The normalized spacial score (nSPS) is 20.6. The molecule has 324 valence electrons. The van der Waals surface area contributed by atoms with Gasteiger partial charge in [0.15, 0.2) is 11.8 Å². The molecule has 4 rings (SSSR count). The Hall–Kier alpha value is -6.53. The standard InChI is InChI=1S/C31H35N5O8.C9H15NO6/c1-2-30(41)25(37)26(36-16-15-24(33)35-29(36)40)44-31(30,28(34)39)19-43-22-13-11-21(12-14-22)18-23(32)27(38)42-17-7-6-10-20-8-4-3-5-9-20;1-9(2,3)16-8(15)10-5(7(13)14)4-6(11)12/h1,3-5,8-9,11-16,23,25-26,37,41H,6-7,10,17-19,32H2,(H2,34,39)(H2,33,35,40);5H,4H2,1-3H3,(H,10,15)(H,11,12)(H,13,14)/t23-,25-,26+,30-,31-;5-/m00/s1. The fourth-order valence-electron chi connectivity index (χ4n) is 5.72. The lowest BCUT2D eigenvalue weighted by Crippen LogP contribution is -2.65. The highest BCUT2D eigenvalue weighted by Gasteiger charge is 2.69. The molecule has 60 heavy (non-hydrogen) atoms. The van der Waals surface area contributed by atoms with Crippen LogP contribution in [0.2, 0.25) is 0 Å². The van der Waals surface area contributed by atoms with Crippen molar-refractivity contribution in [3.63, 3.8) is 0 Å². The molecule has 11 N–H and O–H groups in total. The molecule has 1 aromatic heterocycles. The molecule has 0 saturated carbocycles. The van der Waals surface area contributed by atoms with Gasteiger partial charge in [0.25, 0.3) is 5.91 Å². The number of carboxylic acid groups (broad SMARTS) is 2. The third-order valence-corrected chi connectivity index (χ3v) is 8.82. The number of nitrogens with two attached hydrogens (primary N) is 3.